The Labute approximate surface area is 117 Å². The van der Waals surface area contributed by atoms with Gasteiger partial charge in [0.25, 0.3) is 0 Å². The van der Waals surface area contributed by atoms with E-state index in [-0.39, 0.29) is 6.42 Å². The molecule has 1 N–H and O–H groups in total. The molecule has 0 aliphatic heterocycles. The number of aromatic nitrogens is 1. The summed E-state index contributed by atoms with van der Waals surface area (Å²) in [6, 6.07) is 9.84. The van der Waals surface area contributed by atoms with Crippen molar-refractivity contribution in [1.82, 2.24) is 4.57 Å². The van der Waals surface area contributed by atoms with Crippen LogP contribution in [0.4, 0.5) is 0 Å². The van der Waals surface area contributed by atoms with Crippen LogP contribution in [0.25, 0.3) is 5.69 Å². The smallest absolute Gasteiger partial charge is 0.303 e. The van der Waals surface area contributed by atoms with Gasteiger partial charge in [-0.2, -0.15) is 0 Å². The van der Waals surface area contributed by atoms with Crippen molar-refractivity contribution >= 4 is 17.6 Å². The second kappa shape index (κ2) is 5.49. The van der Waals surface area contributed by atoms with Gasteiger partial charge in [0, 0.05) is 23.5 Å². The van der Waals surface area contributed by atoms with Gasteiger partial charge in [0.1, 0.15) is 0 Å². The highest BCUT2D eigenvalue weighted by atomic mass is 35.5. The first-order chi connectivity index (χ1) is 8.99. The molecule has 0 fully saturated rings. The Morgan fingerprint density at radius 1 is 1.32 bits per heavy atom. The standard InChI is InChI=1S/C15H16ClNO2/c1-10-8-14(16)11(2)17(10)13-5-3-4-12(9-13)6-7-15(18)19/h3-5,8-9H,6-7H2,1-2H3,(H,18,19). The highest BCUT2D eigenvalue weighted by Gasteiger charge is 2.09. The van der Waals surface area contributed by atoms with E-state index in [1.54, 1.807) is 0 Å². The van der Waals surface area contributed by atoms with Crippen molar-refractivity contribution < 1.29 is 9.90 Å². The predicted molar refractivity (Wildman–Crippen MR) is 76.2 cm³/mol. The summed E-state index contributed by atoms with van der Waals surface area (Å²) < 4.78 is 2.08. The second-order valence-corrected chi connectivity index (χ2v) is 5.03. The van der Waals surface area contributed by atoms with E-state index in [0.29, 0.717) is 6.42 Å². The predicted octanol–water partition coefficient (Wildman–Crippen LogP) is 3.76. The van der Waals surface area contributed by atoms with Crippen LogP contribution in [0.15, 0.2) is 30.3 Å². The molecule has 1 aromatic carbocycles. The number of hydrogen-bond donors (Lipinski definition) is 1. The van der Waals surface area contributed by atoms with Gasteiger partial charge in [-0.05, 0) is 44.0 Å². The summed E-state index contributed by atoms with van der Waals surface area (Å²) in [7, 11) is 0. The number of aliphatic carboxylic acids is 1. The maximum atomic E-state index is 10.6. The van der Waals surface area contributed by atoms with Crippen LogP contribution < -0.4 is 0 Å². The molecule has 1 aromatic heterocycles. The maximum Gasteiger partial charge on any atom is 0.303 e. The lowest BCUT2D eigenvalue weighted by Gasteiger charge is -2.11. The van der Waals surface area contributed by atoms with Crippen molar-refractivity contribution in [3.8, 4) is 5.69 Å². The lowest BCUT2D eigenvalue weighted by molar-refractivity contribution is -0.136. The number of halogens is 1. The molecule has 0 unspecified atom stereocenters. The van der Waals surface area contributed by atoms with Crippen molar-refractivity contribution in [2.45, 2.75) is 26.7 Å². The number of rotatable bonds is 4. The number of carbonyl (C=O) groups is 1. The molecule has 4 heteroatoms. The molecule has 0 amide bonds. The van der Waals surface area contributed by atoms with Crippen LogP contribution >= 0.6 is 11.6 Å². The van der Waals surface area contributed by atoms with Crippen LogP contribution in [0.3, 0.4) is 0 Å². The van der Waals surface area contributed by atoms with Gasteiger partial charge in [0.15, 0.2) is 0 Å². The summed E-state index contributed by atoms with van der Waals surface area (Å²) in [6.07, 6.45) is 0.685. The van der Waals surface area contributed by atoms with Gasteiger partial charge in [-0.1, -0.05) is 23.7 Å². The normalized spacial score (nSPS) is 10.7. The summed E-state index contributed by atoms with van der Waals surface area (Å²) in [6.45, 7) is 3.97. The minimum Gasteiger partial charge on any atom is -0.481 e. The van der Waals surface area contributed by atoms with Gasteiger partial charge in [-0.15, -0.1) is 0 Å². The fourth-order valence-corrected chi connectivity index (χ4v) is 2.47. The first-order valence-electron chi connectivity index (χ1n) is 6.14. The Morgan fingerprint density at radius 2 is 2.05 bits per heavy atom. The molecule has 3 nitrogen and oxygen atoms in total. The summed E-state index contributed by atoms with van der Waals surface area (Å²) in [5.74, 6) is -0.776. The highest BCUT2D eigenvalue weighted by molar-refractivity contribution is 6.31. The molecule has 1 heterocycles. The van der Waals surface area contributed by atoms with Crippen molar-refractivity contribution in [3.63, 3.8) is 0 Å². The van der Waals surface area contributed by atoms with Gasteiger partial charge < -0.3 is 9.67 Å². The van der Waals surface area contributed by atoms with E-state index in [4.69, 9.17) is 16.7 Å². The summed E-state index contributed by atoms with van der Waals surface area (Å²) >= 11 is 6.13. The summed E-state index contributed by atoms with van der Waals surface area (Å²) in [5.41, 5.74) is 4.10. The number of nitrogens with zero attached hydrogens (tertiary/aromatic N) is 1. The third-order valence-corrected chi connectivity index (χ3v) is 3.55. The topological polar surface area (TPSA) is 42.2 Å². The molecule has 0 spiro atoms. The largest absolute Gasteiger partial charge is 0.481 e. The van der Waals surface area contributed by atoms with Crippen molar-refractivity contribution in [1.29, 1.82) is 0 Å². The average Bonchev–Trinajstić information content (AvgIpc) is 2.61. The molecule has 0 bridgehead atoms. The molecule has 2 rings (SSSR count). The molecule has 2 aromatic rings. The van der Waals surface area contributed by atoms with Gasteiger partial charge in [0.05, 0.1) is 5.02 Å². The van der Waals surface area contributed by atoms with E-state index in [1.807, 2.05) is 44.2 Å². The SMILES string of the molecule is Cc1cc(Cl)c(C)n1-c1cccc(CCC(=O)O)c1. The van der Waals surface area contributed by atoms with Gasteiger partial charge >= 0.3 is 5.97 Å². The zero-order valence-electron chi connectivity index (χ0n) is 11.0. The molecule has 0 aliphatic carbocycles. The number of benzene rings is 1. The zero-order chi connectivity index (χ0) is 14.0. The zero-order valence-corrected chi connectivity index (χ0v) is 11.7. The van der Waals surface area contributed by atoms with Crippen molar-refractivity contribution in [3.05, 3.63) is 52.3 Å². The fourth-order valence-electron chi connectivity index (χ4n) is 2.22. The van der Waals surface area contributed by atoms with E-state index in [1.165, 1.54) is 0 Å². The molecule has 0 saturated heterocycles. The Kier molecular flexibility index (Phi) is 3.96. The molecular weight excluding hydrogens is 262 g/mol. The van der Waals surface area contributed by atoms with Crippen LogP contribution in [-0.4, -0.2) is 15.6 Å². The van der Waals surface area contributed by atoms with Gasteiger partial charge in [-0.3, -0.25) is 4.79 Å². The molecular formula is C15H16ClNO2. The minimum atomic E-state index is -0.776. The summed E-state index contributed by atoms with van der Waals surface area (Å²) in [5, 5.41) is 9.47. The van der Waals surface area contributed by atoms with Crippen LogP contribution in [0.2, 0.25) is 5.02 Å². The monoisotopic (exact) mass is 277 g/mol. The third-order valence-electron chi connectivity index (χ3n) is 3.17. The quantitative estimate of drug-likeness (QED) is 0.924. The molecule has 0 atom stereocenters. The van der Waals surface area contributed by atoms with E-state index >= 15 is 0 Å². The first kappa shape index (κ1) is 13.7. The van der Waals surface area contributed by atoms with Crippen LogP contribution in [0.1, 0.15) is 23.4 Å². The van der Waals surface area contributed by atoms with Crippen molar-refractivity contribution in [2.24, 2.45) is 0 Å². The van der Waals surface area contributed by atoms with E-state index in [2.05, 4.69) is 4.57 Å². The summed E-state index contributed by atoms with van der Waals surface area (Å²) in [4.78, 5) is 10.6. The Morgan fingerprint density at radius 3 is 2.63 bits per heavy atom. The third kappa shape index (κ3) is 2.99. The van der Waals surface area contributed by atoms with Gasteiger partial charge in [-0.25, -0.2) is 0 Å². The van der Waals surface area contributed by atoms with Gasteiger partial charge in [0.2, 0.25) is 0 Å². The minimum absolute atomic E-state index is 0.147. The Balaban J connectivity index is 2.35. The highest BCUT2D eigenvalue weighted by Crippen LogP contribution is 2.24. The second-order valence-electron chi connectivity index (χ2n) is 4.62. The van der Waals surface area contributed by atoms with Crippen LogP contribution in [0, 0.1) is 13.8 Å². The van der Waals surface area contributed by atoms with E-state index in [9.17, 15) is 4.79 Å². The molecule has 0 saturated carbocycles. The molecule has 0 aliphatic rings. The number of hydrogen-bond acceptors (Lipinski definition) is 1. The lowest BCUT2D eigenvalue weighted by atomic mass is 10.1. The molecule has 100 valence electrons. The Hall–Kier alpha value is -1.74. The maximum absolute atomic E-state index is 10.6. The van der Waals surface area contributed by atoms with E-state index in [0.717, 1.165) is 27.7 Å². The average molecular weight is 278 g/mol. The molecule has 0 radical (unpaired) electrons. The van der Waals surface area contributed by atoms with E-state index < -0.39 is 5.97 Å². The number of aryl methyl sites for hydroxylation is 2. The van der Waals surface area contributed by atoms with Crippen LogP contribution in [0.5, 0.6) is 0 Å². The lowest BCUT2D eigenvalue weighted by Crippen LogP contribution is -2.01. The molecule has 19 heavy (non-hydrogen) atoms. The Bertz CT molecular complexity index is 617. The fraction of sp³-hybridized carbons (Fsp3) is 0.267. The van der Waals surface area contributed by atoms with Crippen LogP contribution in [-0.2, 0) is 11.2 Å². The number of carboxylic acid groups (broad SMARTS) is 1. The first-order valence-corrected chi connectivity index (χ1v) is 6.52. The number of carboxylic acids is 1. The van der Waals surface area contributed by atoms with Crippen molar-refractivity contribution in [2.75, 3.05) is 0 Å².